The minimum absolute atomic E-state index is 0.159. The Hall–Kier alpha value is -1.85. The number of H-pyrrole nitrogens is 1. The van der Waals surface area contributed by atoms with Gasteiger partial charge in [-0.2, -0.15) is 0 Å². The first-order valence-electron chi connectivity index (χ1n) is 8.52. The van der Waals surface area contributed by atoms with E-state index in [1.54, 1.807) is 7.11 Å². The van der Waals surface area contributed by atoms with E-state index < -0.39 is 0 Å². The van der Waals surface area contributed by atoms with E-state index in [0.717, 1.165) is 36.0 Å². The summed E-state index contributed by atoms with van der Waals surface area (Å²) in [4.78, 5) is 20.1. The van der Waals surface area contributed by atoms with Crippen LogP contribution in [0.2, 0.25) is 0 Å². The summed E-state index contributed by atoms with van der Waals surface area (Å²) in [5, 5.41) is 1.15. The number of aromatic nitrogens is 1. The zero-order chi connectivity index (χ0) is 17.3. The van der Waals surface area contributed by atoms with Crippen molar-refractivity contribution in [1.82, 2.24) is 14.8 Å². The van der Waals surface area contributed by atoms with Gasteiger partial charge in [0.15, 0.2) is 0 Å². The third kappa shape index (κ3) is 3.32. The predicted molar refractivity (Wildman–Crippen MR) is 96.2 cm³/mol. The number of ether oxygens (including phenoxy) is 1. The third-order valence-corrected chi connectivity index (χ3v) is 5.24. The fraction of sp³-hybridized carbons (Fsp3) is 0.526. The van der Waals surface area contributed by atoms with Gasteiger partial charge in [-0.15, -0.1) is 0 Å². The number of carbonyl (C=O) groups is 1. The van der Waals surface area contributed by atoms with Crippen molar-refractivity contribution in [2.24, 2.45) is 0 Å². The molecule has 0 saturated carbocycles. The topological polar surface area (TPSA) is 48.6 Å². The molecule has 0 spiro atoms. The van der Waals surface area contributed by atoms with Gasteiger partial charge in [0, 0.05) is 50.4 Å². The molecule has 0 bridgehead atoms. The molecule has 1 aliphatic heterocycles. The number of aryl methyl sites for hydroxylation is 1. The molecule has 2 heterocycles. The van der Waals surface area contributed by atoms with Crippen molar-refractivity contribution >= 4 is 16.8 Å². The number of aromatic amines is 1. The van der Waals surface area contributed by atoms with Crippen molar-refractivity contribution in [1.29, 1.82) is 0 Å². The van der Waals surface area contributed by atoms with Gasteiger partial charge < -0.3 is 14.6 Å². The van der Waals surface area contributed by atoms with E-state index in [1.807, 2.05) is 24.2 Å². The Morgan fingerprint density at radius 2 is 2.25 bits per heavy atom. The Morgan fingerprint density at radius 3 is 2.96 bits per heavy atom. The molecule has 1 aliphatic rings. The van der Waals surface area contributed by atoms with Gasteiger partial charge >= 0.3 is 0 Å². The van der Waals surface area contributed by atoms with Crippen molar-refractivity contribution in [3.63, 3.8) is 0 Å². The van der Waals surface area contributed by atoms with Crippen molar-refractivity contribution < 1.29 is 9.53 Å². The first-order chi connectivity index (χ1) is 11.5. The van der Waals surface area contributed by atoms with Gasteiger partial charge in [0.05, 0.1) is 12.5 Å². The van der Waals surface area contributed by atoms with Crippen LogP contribution in [0.1, 0.15) is 17.5 Å². The zero-order valence-corrected chi connectivity index (χ0v) is 15.0. The lowest BCUT2D eigenvalue weighted by Crippen LogP contribution is -2.40. The van der Waals surface area contributed by atoms with Crippen molar-refractivity contribution in [2.45, 2.75) is 31.9 Å². The smallest absolute Gasteiger partial charge is 0.226 e. The molecule has 24 heavy (non-hydrogen) atoms. The number of carbonyl (C=O) groups excluding carboxylic acids is 1. The van der Waals surface area contributed by atoms with E-state index in [0.29, 0.717) is 12.5 Å². The molecule has 3 rings (SSSR count). The number of likely N-dealkylation sites (N-methyl/N-ethyl adjacent to an activating group) is 2. The number of hydrogen-bond donors (Lipinski definition) is 1. The van der Waals surface area contributed by atoms with Crippen LogP contribution in [0, 0.1) is 6.92 Å². The quantitative estimate of drug-likeness (QED) is 0.915. The molecule has 1 amide bonds. The minimum Gasteiger partial charge on any atom is -0.380 e. The van der Waals surface area contributed by atoms with E-state index in [2.05, 4.69) is 36.0 Å². The van der Waals surface area contributed by atoms with E-state index >= 15 is 0 Å². The van der Waals surface area contributed by atoms with Crippen molar-refractivity contribution in [3.05, 3.63) is 35.5 Å². The van der Waals surface area contributed by atoms with Gasteiger partial charge in [0.1, 0.15) is 0 Å². The number of amides is 1. The van der Waals surface area contributed by atoms with Crippen molar-refractivity contribution in [2.75, 3.05) is 34.3 Å². The van der Waals surface area contributed by atoms with Crippen LogP contribution in [0.4, 0.5) is 0 Å². The fourth-order valence-corrected chi connectivity index (χ4v) is 3.64. The molecular formula is C19H27N3O2. The molecule has 2 atom stereocenters. The predicted octanol–water partition coefficient (Wildman–Crippen LogP) is 2.20. The average Bonchev–Trinajstić information content (AvgIpc) is 3.12. The van der Waals surface area contributed by atoms with Gasteiger partial charge in [0.25, 0.3) is 0 Å². The number of rotatable bonds is 5. The van der Waals surface area contributed by atoms with Crippen LogP contribution in [-0.2, 0) is 16.0 Å². The highest BCUT2D eigenvalue weighted by Crippen LogP contribution is 2.23. The molecule has 1 fully saturated rings. The molecule has 2 aromatic rings. The molecule has 5 heteroatoms. The lowest BCUT2D eigenvalue weighted by atomic mass is 10.1. The lowest BCUT2D eigenvalue weighted by molar-refractivity contribution is -0.129. The summed E-state index contributed by atoms with van der Waals surface area (Å²) < 4.78 is 5.45. The summed E-state index contributed by atoms with van der Waals surface area (Å²) in [6.07, 6.45) is 3.66. The van der Waals surface area contributed by atoms with E-state index in [4.69, 9.17) is 4.74 Å². The average molecular weight is 329 g/mol. The number of nitrogens with one attached hydrogen (secondary N) is 1. The highest BCUT2D eigenvalue weighted by atomic mass is 16.5. The van der Waals surface area contributed by atoms with Gasteiger partial charge in [-0.25, -0.2) is 0 Å². The molecule has 0 radical (unpaired) electrons. The van der Waals surface area contributed by atoms with Crippen LogP contribution < -0.4 is 0 Å². The van der Waals surface area contributed by atoms with Crippen LogP contribution in [0.3, 0.4) is 0 Å². The second kappa shape index (κ2) is 6.95. The molecule has 1 aromatic heterocycles. The van der Waals surface area contributed by atoms with Crippen molar-refractivity contribution in [3.8, 4) is 0 Å². The monoisotopic (exact) mass is 329 g/mol. The molecule has 1 N–H and O–H groups in total. The number of methoxy groups -OCH3 is 1. The van der Waals surface area contributed by atoms with Gasteiger partial charge in [-0.3, -0.25) is 9.69 Å². The third-order valence-electron chi connectivity index (χ3n) is 5.24. The van der Waals surface area contributed by atoms with Gasteiger partial charge in [-0.05, 0) is 31.5 Å². The highest BCUT2D eigenvalue weighted by Gasteiger charge is 2.31. The normalized spacial score (nSPS) is 21.5. The summed E-state index contributed by atoms with van der Waals surface area (Å²) in [5.41, 5.74) is 3.40. The summed E-state index contributed by atoms with van der Waals surface area (Å²) in [6.45, 7) is 3.76. The maximum absolute atomic E-state index is 12.6. The number of likely N-dealkylation sites (tertiary alicyclic amines) is 1. The molecule has 1 saturated heterocycles. The summed E-state index contributed by atoms with van der Waals surface area (Å²) in [5.74, 6) is 0.159. The summed E-state index contributed by atoms with van der Waals surface area (Å²) >= 11 is 0. The number of para-hydroxylation sites is 1. The zero-order valence-electron chi connectivity index (χ0n) is 15.0. The van der Waals surface area contributed by atoms with Gasteiger partial charge in [0.2, 0.25) is 5.91 Å². The summed E-state index contributed by atoms with van der Waals surface area (Å²) in [6, 6.07) is 6.57. The first kappa shape index (κ1) is 17.0. The molecule has 0 unspecified atom stereocenters. The Kier molecular flexibility index (Phi) is 4.92. The van der Waals surface area contributed by atoms with Crippen LogP contribution in [0.5, 0.6) is 0 Å². The second-order valence-corrected chi connectivity index (χ2v) is 6.95. The van der Waals surface area contributed by atoms with Crippen LogP contribution >= 0.6 is 0 Å². The summed E-state index contributed by atoms with van der Waals surface area (Å²) in [7, 11) is 5.76. The maximum Gasteiger partial charge on any atom is 0.226 e. The van der Waals surface area contributed by atoms with Crippen LogP contribution in [0.15, 0.2) is 24.4 Å². The molecule has 0 aliphatic carbocycles. The van der Waals surface area contributed by atoms with Crippen LogP contribution in [0.25, 0.3) is 10.9 Å². The molecule has 1 aromatic carbocycles. The molecule has 5 nitrogen and oxygen atoms in total. The number of hydrogen-bond acceptors (Lipinski definition) is 3. The van der Waals surface area contributed by atoms with E-state index in [9.17, 15) is 4.79 Å². The Balaban J connectivity index is 1.65. The lowest BCUT2D eigenvalue weighted by Gasteiger charge is -2.25. The maximum atomic E-state index is 12.6. The standard InChI is InChI=1S/C19H27N3O2/c1-13-6-5-7-17-14(10-20-19(13)17)8-18(23)22(3)11-15-9-16(24-4)12-21(15)2/h5-7,10,15-16,20H,8-9,11-12H2,1-4H3/t15-,16-/m0/s1. The van der Waals surface area contributed by atoms with Gasteiger partial charge in [-0.1, -0.05) is 18.2 Å². The SMILES string of the molecule is CO[C@H]1C[C@@H](CN(C)C(=O)Cc2c[nH]c3c(C)cccc23)N(C)C1. The molecule has 130 valence electrons. The Labute approximate surface area is 143 Å². The van der Waals surface area contributed by atoms with E-state index in [-0.39, 0.29) is 12.0 Å². The number of fused-ring (bicyclic) bond motifs is 1. The highest BCUT2D eigenvalue weighted by molar-refractivity contribution is 5.90. The first-order valence-corrected chi connectivity index (χ1v) is 8.52. The fourth-order valence-electron chi connectivity index (χ4n) is 3.64. The Morgan fingerprint density at radius 1 is 1.46 bits per heavy atom. The number of nitrogens with zero attached hydrogens (tertiary/aromatic N) is 2. The minimum atomic E-state index is 0.159. The van der Waals surface area contributed by atoms with Crippen LogP contribution in [-0.4, -0.2) is 67.1 Å². The largest absolute Gasteiger partial charge is 0.380 e. The molecular weight excluding hydrogens is 302 g/mol. The van der Waals surface area contributed by atoms with E-state index in [1.165, 1.54) is 5.56 Å². The second-order valence-electron chi connectivity index (χ2n) is 6.95. The Bertz CT molecular complexity index is 724. The number of benzene rings is 1.